The average molecular weight is 332 g/mol. The summed E-state index contributed by atoms with van der Waals surface area (Å²) in [6.45, 7) is 1.98. The standard InChI is InChI=1S/C15H17FN6O2/c16-11-12(9-1-2-9)18-15(19-13(11)23)22-7-5-21(6-8-22)14(24)10-3-4-17-20-10/h3-4,9,11H,1-2,5-8H2,(H,17,20). The Balaban J connectivity index is 1.43. The number of aliphatic imine (C=N–C) groups is 2. The van der Waals surface area contributed by atoms with Crippen LogP contribution in [0, 0.1) is 5.92 Å². The maximum atomic E-state index is 13.9. The van der Waals surface area contributed by atoms with Gasteiger partial charge < -0.3 is 9.80 Å². The number of aromatic nitrogens is 2. The van der Waals surface area contributed by atoms with E-state index in [1.807, 2.05) is 4.90 Å². The second-order valence-corrected chi connectivity index (χ2v) is 6.17. The summed E-state index contributed by atoms with van der Waals surface area (Å²) in [4.78, 5) is 35.7. The van der Waals surface area contributed by atoms with E-state index in [1.165, 1.54) is 6.20 Å². The number of H-pyrrole nitrogens is 1. The molecule has 1 saturated heterocycles. The lowest BCUT2D eigenvalue weighted by atomic mass is 10.1. The Morgan fingerprint density at radius 3 is 2.58 bits per heavy atom. The highest BCUT2D eigenvalue weighted by Crippen LogP contribution is 2.34. The quantitative estimate of drug-likeness (QED) is 0.840. The fourth-order valence-electron chi connectivity index (χ4n) is 2.95. The molecular weight excluding hydrogens is 315 g/mol. The Bertz CT molecular complexity index is 716. The van der Waals surface area contributed by atoms with E-state index in [0.717, 1.165) is 12.8 Å². The van der Waals surface area contributed by atoms with E-state index in [2.05, 4.69) is 20.2 Å². The molecule has 1 aromatic heterocycles. The SMILES string of the molecule is O=C1N=C(N2CCN(C(=O)c3ccn[nH]3)CC2)N=C(C2CC2)C1F. The zero-order valence-corrected chi connectivity index (χ0v) is 13.0. The second kappa shape index (κ2) is 5.81. The Kier molecular flexibility index (Phi) is 3.62. The topological polar surface area (TPSA) is 94.0 Å². The molecule has 0 spiro atoms. The monoisotopic (exact) mass is 332 g/mol. The lowest BCUT2D eigenvalue weighted by molar-refractivity contribution is -0.120. The van der Waals surface area contributed by atoms with Gasteiger partial charge in [-0.25, -0.2) is 9.38 Å². The van der Waals surface area contributed by atoms with E-state index >= 15 is 0 Å². The molecule has 2 aliphatic heterocycles. The van der Waals surface area contributed by atoms with Gasteiger partial charge in [0.25, 0.3) is 11.8 Å². The number of nitrogens with zero attached hydrogens (tertiary/aromatic N) is 5. The molecule has 1 saturated carbocycles. The van der Waals surface area contributed by atoms with Gasteiger partial charge in [0.1, 0.15) is 5.69 Å². The van der Waals surface area contributed by atoms with Gasteiger partial charge in [0.2, 0.25) is 12.1 Å². The minimum absolute atomic E-state index is 0.0812. The highest BCUT2D eigenvalue weighted by atomic mass is 19.1. The third kappa shape index (κ3) is 2.70. The van der Waals surface area contributed by atoms with Gasteiger partial charge >= 0.3 is 0 Å². The molecule has 24 heavy (non-hydrogen) atoms. The minimum atomic E-state index is -1.69. The molecule has 3 heterocycles. The van der Waals surface area contributed by atoms with Crippen LogP contribution in [0.5, 0.6) is 0 Å². The molecule has 126 valence electrons. The molecule has 4 rings (SSSR count). The number of nitrogens with one attached hydrogen (secondary N) is 1. The van der Waals surface area contributed by atoms with Gasteiger partial charge in [-0.15, -0.1) is 0 Å². The number of carbonyl (C=O) groups excluding carboxylic acids is 2. The van der Waals surface area contributed by atoms with Crippen molar-refractivity contribution in [3.05, 3.63) is 18.0 Å². The van der Waals surface area contributed by atoms with Crippen molar-refractivity contribution in [3.8, 4) is 0 Å². The highest BCUT2D eigenvalue weighted by molar-refractivity contribution is 6.18. The van der Waals surface area contributed by atoms with Crippen LogP contribution in [0.4, 0.5) is 4.39 Å². The summed E-state index contributed by atoms with van der Waals surface area (Å²) in [5.41, 5.74) is 0.768. The predicted octanol–water partition coefficient (Wildman–Crippen LogP) is 0.253. The summed E-state index contributed by atoms with van der Waals surface area (Å²) in [7, 11) is 0. The Morgan fingerprint density at radius 2 is 1.96 bits per heavy atom. The van der Waals surface area contributed by atoms with Crippen molar-refractivity contribution < 1.29 is 14.0 Å². The molecule has 1 aliphatic carbocycles. The first-order valence-electron chi connectivity index (χ1n) is 8.02. The van der Waals surface area contributed by atoms with Crippen LogP contribution in [0.1, 0.15) is 23.3 Å². The molecule has 1 N–H and O–H groups in total. The van der Waals surface area contributed by atoms with Crippen molar-refractivity contribution in [1.29, 1.82) is 0 Å². The first kappa shape index (κ1) is 15.0. The van der Waals surface area contributed by atoms with Crippen LogP contribution in [0.2, 0.25) is 0 Å². The summed E-state index contributed by atoms with van der Waals surface area (Å²) in [6, 6.07) is 1.63. The number of halogens is 1. The maximum absolute atomic E-state index is 13.9. The second-order valence-electron chi connectivity index (χ2n) is 6.17. The zero-order chi connectivity index (χ0) is 16.7. The number of hydrogen-bond acceptors (Lipinski definition) is 5. The number of aromatic amines is 1. The van der Waals surface area contributed by atoms with Gasteiger partial charge in [-0.2, -0.15) is 10.1 Å². The molecule has 9 heteroatoms. The van der Waals surface area contributed by atoms with Gasteiger partial charge in [-0.3, -0.25) is 14.7 Å². The largest absolute Gasteiger partial charge is 0.337 e. The molecule has 0 bridgehead atoms. The van der Waals surface area contributed by atoms with Crippen molar-refractivity contribution in [2.24, 2.45) is 15.9 Å². The van der Waals surface area contributed by atoms with Gasteiger partial charge in [0.05, 0.1) is 5.71 Å². The van der Waals surface area contributed by atoms with E-state index in [9.17, 15) is 14.0 Å². The molecule has 0 radical (unpaired) electrons. The van der Waals surface area contributed by atoms with Gasteiger partial charge in [-0.05, 0) is 18.9 Å². The molecule has 0 aromatic carbocycles. The maximum Gasteiger partial charge on any atom is 0.289 e. The van der Waals surface area contributed by atoms with Crippen LogP contribution < -0.4 is 0 Å². The first-order valence-corrected chi connectivity index (χ1v) is 8.02. The van der Waals surface area contributed by atoms with E-state index in [0.29, 0.717) is 37.6 Å². The average Bonchev–Trinajstić information content (AvgIpc) is 3.30. The van der Waals surface area contributed by atoms with Gasteiger partial charge in [0, 0.05) is 38.3 Å². The van der Waals surface area contributed by atoms with E-state index in [-0.39, 0.29) is 17.8 Å². The number of carbonyl (C=O) groups is 2. The molecule has 1 unspecified atom stereocenters. The first-order chi connectivity index (χ1) is 11.6. The molecule has 1 aromatic rings. The minimum Gasteiger partial charge on any atom is -0.337 e. The van der Waals surface area contributed by atoms with Crippen LogP contribution in [0.25, 0.3) is 0 Å². The van der Waals surface area contributed by atoms with Crippen molar-refractivity contribution in [2.45, 2.75) is 19.0 Å². The van der Waals surface area contributed by atoms with Crippen molar-refractivity contribution in [3.63, 3.8) is 0 Å². The Hall–Kier alpha value is -2.58. The van der Waals surface area contributed by atoms with E-state index in [4.69, 9.17) is 0 Å². The molecule has 2 fully saturated rings. The summed E-state index contributed by atoms with van der Waals surface area (Å²) in [6.07, 6.45) is 1.61. The molecular formula is C15H17FN6O2. The summed E-state index contributed by atoms with van der Waals surface area (Å²) >= 11 is 0. The molecule has 8 nitrogen and oxygen atoms in total. The zero-order valence-electron chi connectivity index (χ0n) is 13.0. The van der Waals surface area contributed by atoms with Gasteiger partial charge in [0.15, 0.2) is 0 Å². The fourth-order valence-corrected chi connectivity index (χ4v) is 2.95. The number of piperazine rings is 1. The summed E-state index contributed by atoms with van der Waals surface area (Å²) in [5.74, 6) is -0.514. The smallest absolute Gasteiger partial charge is 0.289 e. The van der Waals surface area contributed by atoms with Crippen molar-refractivity contribution in [1.82, 2.24) is 20.0 Å². The molecule has 3 aliphatic rings. The van der Waals surface area contributed by atoms with Crippen LogP contribution in [0.15, 0.2) is 22.2 Å². The normalized spacial score (nSPS) is 24.7. The lowest BCUT2D eigenvalue weighted by Gasteiger charge is -2.35. The molecule has 1 atom stereocenters. The van der Waals surface area contributed by atoms with Crippen LogP contribution in [-0.2, 0) is 4.79 Å². The Labute approximate surface area is 137 Å². The third-order valence-corrected chi connectivity index (χ3v) is 4.49. The van der Waals surface area contributed by atoms with E-state index in [1.54, 1.807) is 11.0 Å². The van der Waals surface area contributed by atoms with Gasteiger partial charge in [-0.1, -0.05) is 0 Å². The predicted molar refractivity (Wildman–Crippen MR) is 83.6 cm³/mol. The fraction of sp³-hybridized carbons (Fsp3) is 0.533. The van der Waals surface area contributed by atoms with Crippen LogP contribution in [-0.4, -0.2) is 75.8 Å². The summed E-state index contributed by atoms with van der Waals surface area (Å²) in [5, 5.41) is 6.44. The summed E-state index contributed by atoms with van der Waals surface area (Å²) < 4.78 is 13.9. The van der Waals surface area contributed by atoms with E-state index < -0.39 is 12.1 Å². The highest BCUT2D eigenvalue weighted by Gasteiger charge is 2.40. The third-order valence-electron chi connectivity index (χ3n) is 4.49. The number of amides is 2. The number of hydrogen-bond donors (Lipinski definition) is 1. The Morgan fingerprint density at radius 1 is 1.21 bits per heavy atom. The lowest BCUT2D eigenvalue weighted by Crippen LogP contribution is -2.51. The van der Waals surface area contributed by atoms with Crippen LogP contribution in [0.3, 0.4) is 0 Å². The van der Waals surface area contributed by atoms with Crippen LogP contribution >= 0.6 is 0 Å². The number of guanidine groups is 1. The number of rotatable bonds is 2. The number of alkyl halides is 1. The van der Waals surface area contributed by atoms with Crippen molar-refractivity contribution >= 4 is 23.5 Å². The molecule has 2 amide bonds. The van der Waals surface area contributed by atoms with Crippen molar-refractivity contribution in [2.75, 3.05) is 26.2 Å².